The lowest BCUT2D eigenvalue weighted by molar-refractivity contribution is 0.939. The Labute approximate surface area is 94.6 Å². The van der Waals surface area contributed by atoms with Gasteiger partial charge in [0.05, 0.1) is 27.7 Å². The van der Waals surface area contributed by atoms with Gasteiger partial charge in [0.1, 0.15) is 0 Å². The van der Waals surface area contributed by atoms with E-state index in [0.717, 1.165) is 0 Å². The average molecular weight is 280 g/mol. The molecule has 0 aliphatic heterocycles. The summed E-state index contributed by atoms with van der Waals surface area (Å²) in [5, 5.41) is 10.2. The van der Waals surface area contributed by atoms with Crippen LogP contribution in [0.4, 0.5) is 0 Å². The van der Waals surface area contributed by atoms with Crippen molar-refractivity contribution in [1.29, 1.82) is 5.26 Å². The van der Waals surface area contributed by atoms with E-state index < -0.39 is 0 Å². The maximum absolute atomic E-state index is 8.76. The van der Waals surface area contributed by atoms with Gasteiger partial charge in [0, 0.05) is 11.5 Å². The average Bonchev–Trinajstić information content (AvgIpc) is 2.10. The van der Waals surface area contributed by atoms with E-state index >= 15 is 0 Å². The highest BCUT2D eigenvalue weighted by molar-refractivity contribution is 9.09. The summed E-state index contributed by atoms with van der Waals surface area (Å²) in [4.78, 5) is 4.00. The molecule has 1 aromatic heterocycles. The van der Waals surface area contributed by atoms with Crippen molar-refractivity contribution in [1.82, 2.24) is 4.98 Å². The Hall–Kier alpha value is -0.300. The second-order valence-electron chi connectivity index (χ2n) is 2.36. The fourth-order valence-corrected chi connectivity index (χ4v) is 1.81. The Balaban J connectivity index is 3.09. The summed E-state index contributed by atoms with van der Waals surface area (Å²) >= 11 is 14.7. The fourth-order valence-electron chi connectivity index (χ4n) is 0.850. The third-order valence-electron chi connectivity index (χ3n) is 1.48. The molecule has 2 nitrogen and oxygen atoms in total. The van der Waals surface area contributed by atoms with E-state index in [0.29, 0.717) is 21.1 Å². The molecule has 1 rings (SSSR count). The van der Waals surface area contributed by atoms with E-state index in [-0.39, 0.29) is 5.92 Å². The van der Waals surface area contributed by atoms with Crippen molar-refractivity contribution in [3.63, 3.8) is 0 Å². The Bertz CT molecular complexity index is 348. The van der Waals surface area contributed by atoms with Gasteiger partial charge in [-0.25, -0.2) is 0 Å². The Morgan fingerprint density at radius 1 is 1.62 bits per heavy atom. The zero-order valence-electron chi connectivity index (χ0n) is 6.47. The van der Waals surface area contributed by atoms with E-state index in [1.165, 1.54) is 6.20 Å². The van der Waals surface area contributed by atoms with Gasteiger partial charge in [-0.15, -0.1) is 0 Å². The summed E-state index contributed by atoms with van der Waals surface area (Å²) in [5.41, 5.74) is 0.561. The lowest BCUT2D eigenvalue weighted by Crippen LogP contribution is -2.00. The molecule has 0 aromatic carbocycles. The Morgan fingerprint density at radius 3 is 2.77 bits per heavy atom. The van der Waals surface area contributed by atoms with Crippen LogP contribution in [0.2, 0.25) is 10.0 Å². The molecule has 0 aliphatic rings. The number of nitriles is 1. The van der Waals surface area contributed by atoms with E-state index in [2.05, 4.69) is 27.0 Å². The van der Waals surface area contributed by atoms with Crippen molar-refractivity contribution in [2.75, 3.05) is 5.33 Å². The molecule has 68 valence electrons. The topological polar surface area (TPSA) is 36.7 Å². The highest BCUT2D eigenvalue weighted by Gasteiger charge is 2.14. The van der Waals surface area contributed by atoms with Gasteiger partial charge in [0.25, 0.3) is 0 Å². The van der Waals surface area contributed by atoms with Crippen LogP contribution in [-0.4, -0.2) is 10.3 Å². The zero-order valence-corrected chi connectivity index (χ0v) is 9.57. The Kier molecular flexibility index (Phi) is 3.98. The lowest BCUT2D eigenvalue weighted by atomic mass is 10.1. The summed E-state index contributed by atoms with van der Waals surface area (Å²) in [6.45, 7) is 0. The van der Waals surface area contributed by atoms with Crippen LogP contribution in [0, 0.1) is 11.3 Å². The molecule has 5 heteroatoms. The minimum absolute atomic E-state index is 0.329. The molecule has 0 aliphatic carbocycles. The molecule has 0 bridgehead atoms. The number of hydrogen-bond donors (Lipinski definition) is 0. The SMILES string of the molecule is N#CC(CBr)c1ncc(Cl)cc1Cl. The summed E-state index contributed by atoms with van der Waals surface area (Å²) in [6.07, 6.45) is 1.48. The van der Waals surface area contributed by atoms with Crippen LogP contribution in [0.5, 0.6) is 0 Å². The molecular formula is C8H5BrCl2N2. The minimum Gasteiger partial charge on any atom is -0.257 e. The molecule has 1 heterocycles. The highest BCUT2D eigenvalue weighted by Crippen LogP contribution is 2.25. The molecule has 0 fully saturated rings. The quantitative estimate of drug-likeness (QED) is 0.778. The van der Waals surface area contributed by atoms with Crippen LogP contribution < -0.4 is 0 Å². The van der Waals surface area contributed by atoms with Crippen LogP contribution in [0.1, 0.15) is 11.6 Å². The molecule has 1 aromatic rings. The molecule has 1 unspecified atom stereocenters. The standard InChI is InChI=1S/C8H5BrCl2N2/c9-2-5(3-12)8-7(11)1-6(10)4-13-8/h1,4-5H,2H2. The minimum atomic E-state index is -0.329. The molecule has 0 spiro atoms. The number of hydrogen-bond acceptors (Lipinski definition) is 2. The predicted octanol–water partition coefficient (Wildman–Crippen LogP) is 3.39. The van der Waals surface area contributed by atoms with Crippen molar-refractivity contribution in [2.45, 2.75) is 5.92 Å². The molecule has 0 amide bonds. The van der Waals surface area contributed by atoms with Gasteiger partial charge in [-0.05, 0) is 6.07 Å². The van der Waals surface area contributed by atoms with Crippen LogP contribution in [0.25, 0.3) is 0 Å². The van der Waals surface area contributed by atoms with Crippen LogP contribution in [0.3, 0.4) is 0 Å². The highest BCUT2D eigenvalue weighted by atomic mass is 79.9. The molecule has 0 N–H and O–H groups in total. The maximum atomic E-state index is 8.76. The number of aromatic nitrogens is 1. The summed E-state index contributed by atoms with van der Waals surface area (Å²) in [6, 6.07) is 3.67. The third kappa shape index (κ3) is 2.57. The number of rotatable bonds is 2. The number of pyridine rings is 1. The molecule has 0 radical (unpaired) electrons. The monoisotopic (exact) mass is 278 g/mol. The van der Waals surface area contributed by atoms with E-state index in [4.69, 9.17) is 28.5 Å². The maximum Gasteiger partial charge on any atom is 0.0996 e. The van der Waals surface area contributed by atoms with Gasteiger partial charge in [-0.1, -0.05) is 39.1 Å². The largest absolute Gasteiger partial charge is 0.257 e. The summed E-state index contributed by atoms with van der Waals surface area (Å²) in [5.74, 6) is -0.329. The fraction of sp³-hybridized carbons (Fsp3) is 0.250. The van der Waals surface area contributed by atoms with Crippen molar-refractivity contribution in [3.8, 4) is 6.07 Å². The van der Waals surface area contributed by atoms with Crippen molar-refractivity contribution < 1.29 is 0 Å². The second kappa shape index (κ2) is 4.80. The molecule has 1 atom stereocenters. The van der Waals surface area contributed by atoms with E-state index in [1.807, 2.05) is 0 Å². The number of halogens is 3. The molecule has 0 saturated heterocycles. The van der Waals surface area contributed by atoms with Crippen molar-refractivity contribution >= 4 is 39.1 Å². The summed E-state index contributed by atoms with van der Waals surface area (Å²) in [7, 11) is 0. The van der Waals surface area contributed by atoms with Gasteiger partial charge in [0.15, 0.2) is 0 Å². The molecule has 13 heavy (non-hydrogen) atoms. The van der Waals surface area contributed by atoms with Gasteiger partial charge >= 0.3 is 0 Å². The summed E-state index contributed by atoms with van der Waals surface area (Å²) < 4.78 is 0. The number of alkyl halides is 1. The van der Waals surface area contributed by atoms with Crippen molar-refractivity contribution in [3.05, 3.63) is 28.0 Å². The first kappa shape index (κ1) is 10.8. The van der Waals surface area contributed by atoms with Gasteiger partial charge in [-0.2, -0.15) is 5.26 Å². The first-order valence-electron chi connectivity index (χ1n) is 3.45. The van der Waals surface area contributed by atoms with E-state index in [1.54, 1.807) is 6.07 Å². The van der Waals surface area contributed by atoms with Crippen LogP contribution in [0.15, 0.2) is 12.3 Å². The number of nitrogens with zero attached hydrogens (tertiary/aromatic N) is 2. The van der Waals surface area contributed by atoms with Crippen LogP contribution >= 0.6 is 39.1 Å². The predicted molar refractivity (Wildman–Crippen MR) is 56.4 cm³/mol. The van der Waals surface area contributed by atoms with Gasteiger partial charge < -0.3 is 0 Å². The Morgan fingerprint density at radius 2 is 2.31 bits per heavy atom. The van der Waals surface area contributed by atoms with Crippen LogP contribution in [-0.2, 0) is 0 Å². The first-order chi connectivity index (χ1) is 6.19. The van der Waals surface area contributed by atoms with Gasteiger partial charge in [0.2, 0.25) is 0 Å². The second-order valence-corrected chi connectivity index (χ2v) is 3.85. The smallest absolute Gasteiger partial charge is 0.0996 e. The lowest BCUT2D eigenvalue weighted by Gasteiger charge is -2.06. The zero-order chi connectivity index (χ0) is 9.84. The third-order valence-corrected chi connectivity index (χ3v) is 2.63. The molecule has 0 saturated carbocycles. The molecular weight excluding hydrogens is 275 g/mol. The normalized spacial score (nSPS) is 12.2. The van der Waals surface area contributed by atoms with E-state index in [9.17, 15) is 0 Å². The van der Waals surface area contributed by atoms with Gasteiger partial charge in [-0.3, -0.25) is 4.98 Å². The van der Waals surface area contributed by atoms with Crippen molar-refractivity contribution in [2.24, 2.45) is 0 Å². The first-order valence-corrected chi connectivity index (χ1v) is 5.33.